The van der Waals surface area contributed by atoms with E-state index in [-0.39, 0.29) is 12.5 Å². The molecule has 30 heavy (non-hydrogen) atoms. The van der Waals surface area contributed by atoms with Crippen LogP contribution < -0.4 is 4.74 Å². The second kappa shape index (κ2) is 8.75. The summed E-state index contributed by atoms with van der Waals surface area (Å²) in [5.74, 6) is 0.805. The van der Waals surface area contributed by atoms with Crippen LogP contribution in [0.2, 0.25) is 0 Å². The fourth-order valence-corrected chi connectivity index (χ4v) is 4.59. The van der Waals surface area contributed by atoms with E-state index in [1.165, 1.54) is 11.8 Å². The van der Waals surface area contributed by atoms with Gasteiger partial charge in [-0.1, -0.05) is 54.2 Å². The van der Waals surface area contributed by atoms with E-state index in [9.17, 15) is 9.59 Å². The Labute approximate surface area is 179 Å². The normalized spacial score (nSPS) is 18.6. The zero-order valence-electron chi connectivity index (χ0n) is 16.8. The SMILES string of the molecule is COc1cccc([C@H]2C(C(=O)OCc3ccccc3)=C(C)N=C3SCCC(=O)N32)c1. The van der Waals surface area contributed by atoms with Gasteiger partial charge in [-0.25, -0.2) is 9.79 Å². The van der Waals surface area contributed by atoms with E-state index < -0.39 is 12.0 Å². The number of esters is 1. The lowest BCUT2D eigenvalue weighted by molar-refractivity contribution is -0.141. The molecule has 0 spiro atoms. The molecule has 0 radical (unpaired) electrons. The molecule has 154 valence electrons. The smallest absolute Gasteiger partial charge is 0.338 e. The van der Waals surface area contributed by atoms with Crippen LogP contribution >= 0.6 is 11.8 Å². The molecule has 0 saturated carbocycles. The molecule has 0 aromatic heterocycles. The van der Waals surface area contributed by atoms with Crippen molar-refractivity contribution in [2.75, 3.05) is 12.9 Å². The van der Waals surface area contributed by atoms with Gasteiger partial charge in [-0.3, -0.25) is 9.69 Å². The van der Waals surface area contributed by atoms with Crippen molar-refractivity contribution in [3.8, 4) is 5.75 Å². The van der Waals surface area contributed by atoms with Crippen LogP contribution in [0.1, 0.15) is 30.5 Å². The molecule has 4 rings (SSSR count). The van der Waals surface area contributed by atoms with Crippen molar-refractivity contribution >= 4 is 28.8 Å². The largest absolute Gasteiger partial charge is 0.497 e. The van der Waals surface area contributed by atoms with Crippen molar-refractivity contribution in [1.29, 1.82) is 0 Å². The van der Waals surface area contributed by atoms with Gasteiger partial charge in [-0.15, -0.1) is 0 Å². The first kappa shape index (κ1) is 20.2. The summed E-state index contributed by atoms with van der Waals surface area (Å²) in [5.41, 5.74) is 2.61. The standard InChI is InChI=1S/C23H22N2O4S/c1-15-20(22(27)29-14-16-7-4-3-5-8-16)21(17-9-6-10-18(13-17)28-2)25-19(26)11-12-30-23(25)24-15/h3-10,13,21H,11-12,14H2,1-2H3/t21-/m0/s1. The molecule has 1 atom stereocenters. The number of thioether (sulfide) groups is 1. The zero-order valence-corrected chi connectivity index (χ0v) is 17.6. The average Bonchev–Trinajstić information content (AvgIpc) is 2.77. The molecule has 2 aliphatic heterocycles. The van der Waals surface area contributed by atoms with E-state index in [1.54, 1.807) is 18.9 Å². The Morgan fingerprint density at radius 2 is 2.00 bits per heavy atom. The molecule has 2 aromatic carbocycles. The van der Waals surface area contributed by atoms with Crippen molar-refractivity contribution in [1.82, 2.24) is 4.90 Å². The zero-order chi connectivity index (χ0) is 21.1. The second-order valence-corrected chi connectivity index (χ2v) is 8.06. The Hall–Kier alpha value is -3.06. The highest BCUT2D eigenvalue weighted by Crippen LogP contribution is 2.41. The quantitative estimate of drug-likeness (QED) is 0.679. The molecular formula is C23H22N2O4S. The van der Waals surface area contributed by atoms with Gasteiger partial charge >= 0.3 is 5.97 Å². The van der Waals surface area contributed by atoms with Crippen molar-refractivity contribution in [2.45, 2.75) is 26.0 Å². The summed E-state index contributed by atoms with van der Waals surface area (Å²) in [7, 11) is 1.59. The predicted octanol–water partition coefficient (Wildman–Crippen LogP) is 4.09. The number of nitrogens with zero attached hydrogens (tertiary/aromatic N) is 2. The van der Waals surface area contributed by atoms with Gasteiger partial charge in [0.2, 0.25) is 5.91 Å². The molecule has 0 bridgehead atoms. The summed E-state index contributed by atoms with van der Waals surface area (Å²) < 4.78 is 11.0. The average molecular weight is 423 g/mol. The Kier molecular flexibility index (Phi) is 5.90. The minimum Gasteiger partial charge on any atom is -0.497 e. The number of amidine groups is 1. The summed E-state index contributed by atoms with van der Waals surface area (Å²) in [6.45, 7) is 1.94. The maximum absolute atomic E-state index is 13.2. The third-order valence-electron chi connectivity index (χ3n) is 5.05. The number of methoxy groups -OCH3 is 1. The Bertz CT molecular complexity index is 1030. The number of carbonyl (C=O) groups excluding carboxylic acids is 2. The van der Waals surface area contributed by atoms with E-state index in [4.69, 9.17) is 9.47 Å². The van der Waals surface area contributed by atoms with Crippen LogP contribution in [0.25, 0.3) is 0 Å². The Morgan fingerprint density at radius 3 is 2.77 bits per heavy atom. The third-order valence-corrected chi connectivity index (χ3v) is 6.00. The lowest BCUT2D eigenvalue weighted by Gasteiger charge is -2.39. The van der Waals surface area contributed by atoms with Crippen molar-refractivity contribution < 1.29 is 19.1 Å². The first-order chi connectivity index (χ1) is 14.6. The highest BCUT2D eigenvalue weighted by molar-refractivity contribution is 8.14. The van der Waals surface area contributed by atoms with E-state index in [1.807, 2.05) is 54.6 Å². The summed E-state index contributed by atoms with van der Waals surface area (Å²) in [6, 6.07) is 16.3. The van der Waals surface area contributed by atoms with Crippen LogP contribution in [0.3, 0.4) is 0 Å². The summed E-state index contributed by atoms with van der Waals surface area (Å²) in [5, 5.41) is 0.621. The number of benzene rings is 2. The Morgan fingerprint density at radius 1 is 1.20 bits per heavy atom. The van der Waals surface area contributed by atoms with E-state index >= 15 is 0 Å². The molecule has 0 N–H and O–H groups in total. The van der Waals surface area contributed by atoms with Gasteiger partial charge in [0, 0.05) is 12.2 Å². The highest BCUT2D eigenvalue weighted by atomic mass is 32.2. The van der Waals surface area contributed by atoms with Gasteiger partial charge in [-0.2, -0.15) is 0 Å². The highest BCUT2D eigenvalue weighted by Gasteiger charge is 2.41. The lowest BCUT2D eigenvalue weighted by Crippen LogP contribution is -2.45. The number of ether oxygens (including phenoxy) is 2. The summed E-state index contributed by atoms with van der Waals surface area (Å²) in [4.78, 5) is 32.2. The fourth-order valence-electron chi connectivity index (χ4n) is 3.59. The number of hydrogen-bond acceptors (Lipinski definition) is 6. The van der Waals surface area contributed by atoms with Crippen molar-refractivity contribution in [3.05, 3.63) is 77.0 Å². The van der Waals surface area contributed by atoms with Crippen LogP contribution in [-0.2, 0) is 20.9 Å². The van der Waals surface area contributed by atoms with Gasteiger partial charge in [0.05, 0.1) is 24.4 Å². The number of amides is 1. The molecule has 7 heteroatoms. The molecule has 2 aromatic rings. The maximum atomic E-state index is 13.2. The molecule has 1 saturated heterocycles. The van der Waals surface area contributed by atoms with Crippen molar-refractivity contribution in [3.63, 3.8) is 0 Å². The first-order valence-electron chi connectivity index (χ1n) is 9.68. The number of aliphatic imine (C=N–C) groups is 1. The number of carbonyl (C=O) groups is 2. The van der Waals surface area contributed by atoms with Gasteiger partial charge in [0.25, 0.3) is 0 Å². The minimum absolute atomic E-state index is 0.0545. The number of fused-ring (bicyclic) bond motifs is 1. The third kappa shape index (κ3) is 3.98. The Balaban J connectivity index is 1.73. The molecule has 0 unspecified atom stereocenters. The van der Waals surface area contributed by atoms with Crippen LogP contribution in [0.15, 0.2) is 70.9 Å². The molecular weight excluding hydrogens is 400 g/mol. The van der Waals surface area contributed by atoms with E-state index in [2.05, 4.69) is 4.99 Å². The molecule has 0 aliphatic carbocycles. The number of rotatable bonds is 5. The first-order valence-corrected chi connectivity index (χ1v) is 10.7. The molecule has 1 fully saturated rings. The van der Waals surface area contributed by atoms with Gasteiger partial charge in [-0.05, 0) is 30.2 Å². The lowest BCUT2D eigenvalue weighted by atomic mass is 9.94. The van der Waals surface area contributed by atoms with Crippen LogP contribution in [-0.4, -0.2) is 34.8 Å². The number of hydrogen-bond donors (Lipinski definition) is 0. The van der Waals surface area contributed by atoms with Gasteiger partial charge in [0.1, 0.15) is 12.4 Å². The van der Waals surface area contributed by atoms with Crippen LogP contribution in [0.4, 0.5) is 0 Å². The van der Waals surface area contributed by atoms with Gasteiger partial charge in [0.15, 0.2) is 5.17 Å². The minimum atomic E-state index is -0.601. The van der Waals surface area contributed by atoms with Crippen LogP contribution in [0.5, 0.6) is 5.75 Å². The number of allylic oxidation sites excluding steroid dienone is 1. The van der Waals surface area contributed by atoms with Gasteiger partial charge < -0.3 is 9.47 Å². The monoisotopic (exact) mass is 422 g/mol. The van der Waals surface area contributed by atoms with E-state index in [0.717, 1.165) is 11.1 Å². The summed E-state index contributed by atoms with van der Waals surface area (Å²) in [6.07, 6.45) is 0.398. The fraction of sp³-hybridized carbons (Fsp3) is 0.261. The topological polar surface area (TPSA) is 68.2 Å². The molecule has 6 nitrogen and oxygen atoms in total. The molecule has 2 heterocycles. The van der Waals surface area contributed by atoms with E-state index in [0.29, 0.717) is 34.4 Å². The summed E-state index contributed by atoms with van der Waals surface area (Å²) >= 11 is 1.52. The molecule has 1 amide bonds. The van der Waals surface area contributed by atoms with Crippen molar-refractivity contribution in [2.24, 2.45) is 4.99 Å². The second-order valence-electron chi connectivity index (χ2n) is 7.00. The predicted molar refractivity (Wildman–Crippen MR) is 116 cm³/mol. The maximum Gasteiger partial charge on any atom is 0.338 e. The van der Waals surface area contributed by atoms with Crippen LogP contribution in [0, 0.1) is 0 Å². The molecule has 2 aliphatic rings.